The van der Waals surface area contributed by atoms with Crippen LogP contribution in [0.15, 0.2) is 53.7 Å². The summed E-state index contributed by atoms with van der Waals surface area (Å²) in [4.78, 5) is 14.6. The molecule has 150 valence electrons. The van der Waals surface area contributed by atoms with E-state index in [0.29, 0.717) is 17.2 Å². The fraction of sp³-hybridized carbons (Fsp3) is 0.250. The van der Waals surface area contributed by atoms with Gasteiger partial charge < -0.3 is 19.7 Å². The third kappa shape index (κ3) is 4.00. The molecule has 2 heterocycles. The van der Waals surface area contributed by atoms with Crippen LogP contribution in [0.1, 0.15) is 0 Å². The summed E-state index contributed by atoms with van der Waals surface area (Å²) < 4.78 is 12.5. The first-order valence-electron chi connectivity index (χ1n) is 9.10. The Morgan fingerprint density at radius 3 is 2.69 bits per heavy atom. The predicted molar refractivity (Wildman–Crippen MR) is 112 cm³/mol. The topological polar surface area (TPSA) is 81.5 Å². The van der Waals surface area contributed by atoms with Gasteiger partial charge >= 0.3 is 0 Å². The zero-order valence-electron chi connectivity index (χ0n) is 16.2. The van der Waals surface area contributed by atoms with Gasteiger partial charge in [0.25, 0.3) is 0 Å². The van der Waals surface area contributed by atoms with Gasteiger partial charge in [0.1, 0.15) is 11.5 Å². The number of rotatable bonds is 7. The molecule has 0 saturated heterocycles. The van der Waals surface area contributed by atoms with Crippen LogP contribution < -0.4 is 19.7 Å². The maximum Gasteiger partial charge on any atom is 0.234 e. The van der Waals surface area contributed by atoms with E-state index in [9.17, 15) is 4.79 Å². The average Bonchev–Trinajstić information content (AvgIpc) is 3.35. The molecule has 1 N–H and O–H groups in total. The number of nitrogens with one attached hydrogen (secondary N) is 1. The number of methoxy groups -OCH3 is 2. The highest BCUT2D eigenvalue weighted by Gasteiger charge is 2.26. The van der Waals surface area contributed by atoms with Gasteiger partial charge in [-0.15, -0.1) is 10.2 Å². The molecule has 1 aliphatic heterocycles. The van der Waals surface area contributed by atoms with E-state index in [1.54, 1.807) is 32.4 Å². The SMILES string of the molecule is COc1ccc(NC(=O)CSc2nnc3n2CCN3c2ccccc2)c(OC)c1. The maximum atomic E-state index is 12.4. The molecule has 8 nitrogen and oxygen atoms in total. The molecule has 1 aliphatic rings. The maximum absolute atomic E-state index is 12.4. The van der Waals surface area contributed by atoms with Crippen LogP contribution in [0.2, 0.25) is 0 Å². The normalized spacial score (nSPS) is 12.6. The number of thioether (sulfide) groups is 1. The number of carbonyl (C=O) groups excluding carboxylic acids is 1. The highest BCUT2D eigenvalue weighted by Crippen LogP contribution is 2.32. The van der Waals surface area contributed by atoms with Crippen molar-refractivity contribution in [1.82, 2.24) is 14.8 Å². The number of fused-ring (bicyclic) bond motifs is 1. The number of aromatic nitrogens is 3. The second-order valence-electron chi connectivity index (χ2n) is 6.32. The number of benzene rings is 2. The van der Waals surface area contributed by atoms with Crippen LogP contribution in [0, 0.1) is 0 Å². The van der Waals surface area contributed by atoms with Crippen molar-refractivity contribution in [2.75, 3.05) is 36.7 Å². The van der Waals surface area contributed by atoms with Gasteiger partial charge in [0, 0.05) is 24.8 Å². The van der Waals surface area contributed by atoms with Gasteiger partial charge in [0.2, 0.25) is 11.9 Å². The zero-order chi connectivity index (χ0) is 20.2. The number of anilines is 3. The van der Waals surface area contributed by atoms with Crippen molar-refractivity contribution in [3.63, 3.8) is 0 Å². The molecule has 0 radical (unpaired) electrons. The molecule has 0 bridgehead atoms. The smallest absolute Gasteiger partial charge is 0.234 e. The Bertz CT molecular complexity index is 1010. The van der Waals surface area contributed by atoms with Gasteiger partial charge in [-0.3, -0.25) is 9.36 Å². The number of ether oxygens (including phenoxy) is 2. The van der Waals surface area contributed by atoms with Crippen LogP contribution in [0.25, 0.3) is 0 Å². The fourth-order valence-corrected chi connectivity index (χ4v) is 3.91. The standard InChI is InChI=1S/C20H21N5O3S/c1-27-15-8-9-16(17(12-15)28-2)21-18(26)13-29-20-23-22-19-24(10-11-25(19)20)14-6-4-3-5-7-14/h3-9,12H,10-11,13H2,1-2H3,(H,21,26). The summed E-state index contributed by atoms with van der Waals surface area (Å²) in [6, 6.07) is 15.3. The molecule has 0 spiro atoms. The molecule has 0 unspecified atom stereocenters. The third-order valence-electron chi connectivity index (χ3n) is 4.57. The van der Waals surface area contributed by atoms with E-state index >= 15 is 0 Å². The number of hydrogen-bond donors (Lipinski definition) is 1. The Labute approximate surface area is 172 Å². The zero-order valence-corrected chi connectivity index (χ0v) is 17.0. The first-order valence-corrected chi connectivity index (χ1v) is 10.1. The molecular weight excluding hydrogens is 390 g/mol. The Morgan fingerprint density at radius 2 is 1.93 bits per heavy atom. The van der Waals surface area contributed by atoms with Crippen LogP contribution in [0.4, 0.5) is 17.3 Å². The Morgan fingerprint density at radius 1 is 1.10 bits per heavy atom. The minimum absolute atomic E-state index is 0.145. The summed E-state index contributed by atoms with van der Waals surface area (Å²) >= 11 is 1.36. The summed E-state index contributed by atoms with van der Waals surface area (Å²) in [7, 11) is 3.14. The molecule has 1 aromatic heterocycles. The minimum atomic E-state index is -0.145. The predicted octanol–water partition coefficient (Wildman–Crippen LogP) is 3.18. The molecule has 0 atom stereocenters. The quantitative estimate of drug-likeness (QED) is 0.598. The van der Waals surface area contributed by atoms with Crippen LogP contribution >= 0.6 is 11.8 Å². The number of para-hydroxylation sites is 1. The average molecular weight is 411 g/mol. The van der Waals surface area contributed by atoms with E-state index in [4.69, 9.17) is 9.47 Å². The first kappa shape index (κ1) is 19.1. The number of nitrogens with zero attached hydrogens (tertiary/aromatic N) is 4. The van der Waals surface area contributed by atoms with Crippen molar-refractivity contribution < 1.29 is 14.3 Å². The molecule has 3 aromatic rings. The summed E-state index contributed by atoms with van der Waals surface area (Å²) in [5.74, 6) is 2.09. The number of carbonyl (C=O) groups is 1. The molecule has 2 aromatic carbocycles. The molecular formula is C20H21N5O3S. The highest BCUT2D eigenvalue weighted by molar-refractivity contribution is 7.99. The lowest BCUT2D eigenvalue weighted by atomic mass is 10.2. The molecule has 9 heteroatoms. The lowest BCUT2D eigenvalue weighted by Gasteiger charge is -2.14. The molecule has 29 heavy (non-hydrogen) atoms. The summed E-state index contributed by atoms with van der Waals surface area (Å²) in [5.41, 5.74) is 1.68. The molecule has 4 rings (SSSR count). The van der Waals surface area contributed by atoms with E-state index in [1.807, 2.05) is 34.9 Å². The van der Waals surface area contributed by atoms with Gasteiger partial charge in [-0.05, 0) is 24.3 Å². The van der Waals surface area contributed by atoms with Gasteiger partial charge in [-0.2, -0.15) is 0 Å². The van der Waals surface area contributed by atoms with E-state index in [1.165, 1.54) is 11.8 Å². The van der Waals surface area contributed by atoms with Crippen molar-refractivity contribution >= 4 is 35.0 Å². The molecule has 0 aliphatic carbocycles. The fourth-order valence-electron chi connectivity index (χ4n) is 3.15. The Balaban J connectivity index is 1.40. The monoisotopic (exact) mass is 411 g/mol. The van der Waals surface area contributed by atoms with Crippen LogP contribution in [0.5, 0.6) is 11.5 Å². The third-order valence-corrected chi connectivity index (χ3v) is 5.54. The van der Waals surface area contributed by atoms with Crippen molar-refractivity contribution in [2.45, 2.75) is 11.7 Å². The molecule has 0 fully saturated rings. The van der Waals surface area contributed by atoms with Gasteiger partial charge in [0.15, 0.2) is 5.16 Å². The van der Waals surface area contributed by atoms with Crippen molar-refractivity contribution in [3.8, 4) is 11.5 Å². The highest BCUT2D eigenvalue weighted by atomic mass is 32.2. The lowest BCUT2D eigenvalue weighted by molar-refractivity contribution is -0.113. The molecule has 1 amide bonds. The molecule has 0 saturated carbocycles. The number of amides is 1. The van der Waals surface area contributed by atoms with E-state index in [2.05, 4.69) is 20.4 Å². The summed E-state index contributed by atoms with van der Waals surface area (Å²) in [6.07, 6.45) is 0. The number of hydrogen-bond acceptors (Lipinski definition) is 7. The van der Waals surface area contributed by atoms with E-state index < -0.39 is 0 Å². The summed E-state index contributed by atoms with van der Waals surface area (Å²) in [6.45, 7) is 1.62. The van der Waals surface area contributed by atoms with Crippen LogP contribution in [0.3, 0.4) is 0 Å². The van der Waals surface area contributed by atoms with Crippen molar-refractivity contribution in [3.05, 3.63) is 48.5 Å². The second-order valence-corrected chi connectivity index (χ2v) is 7.27. The minimum Gasteiger partial charge on any atom is -0.497 e. The Kier molecular flexibility index (Phi) is 5.57. The van der Waals surface area contributed by atoms with E-state index in [0.717, 1.165) is 29.9 Å². The van der Waals surface area contributed by atoms with Gasteiger partial charge in [-0.1, -0.05) is 30.0 Å². The second kappa shape index (κ2) is 8.44. The first-order chi connectivity index (χ1) is 14.2. The van der Waals surface area contributed by atoms with Crippen LogP contribution in [-0.2, 0) is 11.3 Å². The van der Waals surface area contributed by atoms with Gasteiger partial charge in [-0.25, -0.2) is 0 Å². The largest absolute Gasteiger partial charge is 0.497 e. The van der Waals surface area contributed by atoms with Crippen LogP contribution in [-0.4, -0.2) is 47.2 Å². The summed E-state index contributed by atoms with van der Waals surface area (Å²) in [5, 5.41) is 12.2. The Hall–Kier alpha value is -3.20. The van der Waals surface area contributed by atoms with E-state index in [-0.39, 0.29) is 11.7 Å². The van der Waals surface area contributed by atoms with Crippen molar-refractivity contribution in [2.24, 2.45) is 0 Å². The lowest BCUT2D eigenvalue weighted by Crippen LogP contribution is -2.15. The van der Waals surface area contributed by atoms with Crippen molar-refractivity contribution in [1.29, 1.82) is 0 Å². The van der Waals surface area contributed by atoms with Gasteiger partial charge in [0.05, 0.1) is 25.7 Å².